The largest absolute Gasteiger partial charge is 0.399 e. The van der Waals surface area contributed by atoms with Gasteiger partial charge in [-0.3, -0.25) is 4.79 Å². The molecule has 2 heterocycles. The van der Waals surface area contributed by atoms with Crippen LogP contribution in [0.15, 0.2) is 54.6 Å². The van der Waals surface area contributed by atoms with Crippen LogP contribution in [-0.2, 0) is 5.41 Å². The molecule has 1 amide bonds. The third kappa shape index (κ3) is 4.01. The normalized spacial score (nSPS) is 12.9. The van der Waals surface area contributed by atoms with Gasteiger partial charge in [0.2, 0.25) is 0 Å². The molecule has 2 aromatic heterocycles. The lowest BCUT2D eigenvalue weighted by atomic mass is 9.86. The average molecular weight is 419 g/mol. The number of nitrogens with two attached hydrogens (primary N) is 2. The van der Waals surface area contributed by atoms with E-state index in [4.69, 9.17) is 16.5 Å². The molecule has 1 atom stereocenters. The molecule has 2 aromatic carbocycles. The summed E-state index contributed by atoms with van der Waals surface area (Å²) >= 11 is 1.39. The summed E-state index contributed by atoms with van der Waals surface area (Å²) in [6.07, 6.45) is 0. The van der Waals surface area contributed by atoms with Crippen molar-refractivity contribution in [1.82, 2.24) is 10.3 Å². The lowest BCUT2D eigenvalue weighted by Gasteiger charge is -2.19. The molecule has 4 aromatic rings. The van der Waals surface area contributed by atoms with Gasteiger partial charge in [0.05, 0.1) is 16.4 Å². The van der Waals surface area contributed by atoms with Gasteiger partial charge in [0.15, 0.2) is 0 Å². The number of hydrogen-bond acceptors (Lipinski definition) is 5. The van der Waals surface area contributed by atoms with E-state index in [0.29, 0.717) is 10.6 Å². The Morgan fingerprint density at radius 1 is 1.10 bits per heavy atom. The quantitative estimate of drug-likeness (QED) is 0.417. The highest BCUT2D eigenvalue weighted by Crippen LogP contribution is 2.31. The van der Waals surface area contributed by atoms with Gasteiger partial charge in [0, 0.05) is 23.0 Å². The highest BCUT2D eigenvalue weighted by atomic mass is 32.1. The van der Waals surface area contributed by atoms with Crippen LogP contribution in [0, 0.1) is 0 Å². The number of nitrogen functional groups attached to an aromatic ring is 1. The molecule has 30 heavy (non-hydrogen) atoms. The molecule has 0 radical (unpaired) electrons. The van der Waals surface area contributed by atoms with E-state index in [-0.39, 0.29) is 23.9 Å². The number of hydrogen-bond donors (Lipinski definition) is 3. The first-order chi connectivity index (χ1) is 14.2. The Balaban J connectivity index is 1.65. The van der Waals surface area contributed by atoms with Crippen LogP contribution in [0.5, 0.6) is 0 Å². The van der Waals surface area contributed by atoms with Crippen LogP contribution < -0.4 is 16.8 Å². The fourth-order valence-electron chi connectivity index (χ4n) is 3.50. The summed E-state index contributed by atoms with van der Waals surface area (Å²) in [6.45, 7) is 6.88. The number of nitrogens with one attached hydrogen (secondary N) is 1. The fraction of sp³-hybridized carbons (Fsp3) is 0.250. The Morgan fingerprint density at radius 3 is 2.60 bits per heavy atom. The Bertz CT molecular complexity index is 1240. The van der Waals surface area contributed by atoms with Gasteiger partial charge < -0.3 is 16.8 Å². The molecule has 0 aliphatic heterocycles. The van der Waals surface area contributed by atoms with E-state index in [1.54, 1.807) is 0 Å². The Hall–Kier alpha value is -2.96. The maximum Gasteiger partial charge on any atom is 0.261 e. The van der Waals surface area contributed by atoms with Gasteiger partial charge in [-0.1, -0.05) is 39.0 Å². The van der Waals surface area contributed by atoms with Crippen molar-refractivity contribution in [3.05, 3.63) is 70.6 Å². The number of rotatable bonds is 4. The standard InChI is InChI=1S/C24H26N4OS/c1-24(2,3)17-7-8-19-15(10-17)9-16-12-21(30-23(16)28-19)22(29)27-20(13-25)14-5-4-6-18(26)11-14/h4-12,20H,13,25-26H2,1-3H3,(H,27,29). The summed E-state index contributed by atoms with van der Waals surface area (Å²) in [7, 11) is 0. The van der Waals surface area contributed by atoms with Crippen molar-refractivity contribution < 1.29 is 4.79 Å². The van der Waals surface area contributed by atoms with Crippen LogP contribution in [0.25, 0.3) is 21.1 Å². The molecule has 0 fully saturated rings. The molecule has 0 spiro atoms. The summed E-state index contributed by atoms with van der Waals surface area (Å²) in [5, 5.41) is 5.07. The number of pyridine rings is 1. The Kier molecular flexibility index (Phi) is 5.22. The maximum atomic E-state index is 12.9. The molecule has 4 rings (SSSR count). The summed E-state index contributed by atoms with van der Waals surface area (Å²) in [6, 6.07) is 17.5. The number of fused-ring (bicyclic) bond motifs is 2. The number of carbonyl (C=O) groups is 1. The molecule has 0 saturated carbocycles. The van der Waals surface area contributed by atoms with Crippen molar-refractivity contribution in [3.8, 4) is 0 Å². The number of thiophene rings is 1. The zero-order chi connectivity index (χ0) is 21.5. The zero-order valence-corrected chi connectivity index (χ0v) is 18.2. The predicted octanol–water partition coefficient (Wildman–Crippen LogP) is 4.76. The Morgan fingerprint density at radius 2 is 1.90 bits per heavy atom. The minimum Gasteiger partial charge on any atom is -0.399 e. The van der Waals surface area contributed by atoms with Gasteiger partial charge in [-0.25, -0.2) is 4.98 Å². The van der Waals surface area contributed by atoms with Gasteiger partial charge in [-0.05, 0) is 52.9 Å². The molecular formula is C24H26N4OS. The SMILES string of the molecule is CC(C)(C)c1ccc2nc3sc(C(=O)NC(CN)c4cccc(N)c4)cc3cc2c1. The fourth-order valence-corrected chi connectivity index (χ4v) is 4.42. The second-order valence-electron chi connectivity index (χ2n) is 8.58. The summed E-state index contributed by atoms with van der Waals surface area (Å²) in [5.74, 6) is -0.157. The Labute approximate surface area is 180 Å². The van der Waals surface area contributed by atoms with Gasteiger partial charge in [0.25, 0.3) is 5.91 Å². The van der Waals surface area contributed by atoms with Gasteiger partial charge in [-0.15, -0.1) is 11.3 Å². The minimum absolute atomic E-state index is 0.0703. The number of aromatic nitrogens is 1. The number of amides is 1. The molecule has 6 heteroatoms. The lowest BCUT2D eigenvalue weighted by molar-refractivity contribution is 0.0942. The topological polar surface area (TPSA) is 94.0 Å². The number of nitrogens with zero attached hydrogens (tertiary/aromatic N) is 1. The molecule has 0 aliphatic rings. The molecule has 0 saturated heterocycles. The summed E-state index contributed by atoms with van der Waals surface area (Å²) < 4.78 is 0. The minimum atomic E-state index is -0.299. The van der Waals surface area contributed by atoms with E-state index >= 15 is 0 Å². The van der Waals surface area contributed by atoms with Crippen LogP contribution in [0.4, 0.5) is 5.69 Å². The first-order valence-electron chi connectivity index (χ1n) is 9.96. The molecule has 5 N–H and O–H groups in total. The van der Waals surface area contributed by atoms with Crippen LogP contribution in [0.3, 0.4) is 0 Å². The van der Waals surface area contributed by atoms with Crippen LogP contribution >= 0.6 is 11.3 Å². The average Bonchev–Trinajstić information content (AvgIpc) is 3.12. The van der Waals surface area contributed by atoms with E-state index in [2.05, 4.69) is 50.4 Å². The predicted molar refractivity (Wildman–Crippen MR) is 126 cm³/mol. The monoisotopic (exact) mass is 418 g/mol. The van der Waals surface area contributed by atoms with E-state index in [1.165, 1.54) is 16.9 Å². The van der Waals surface area contributed by atoms with Crippen molar-refractivity contribution in [2.45, 2.75) is 32.2 Å². The van der Waals surface area contributed by atoms with Crippen LogP contribution in [0.1, 0.15) is 47.6 Å². The molecular weight excluding hydrogens is 392 g/mol. The first-order valence-corrected chi connectivity index (χ1v) is 10.8. The highest BCUT2D eigenvalue weighted by Gasteiger charge is 2.18. The smallest absolute Gasteiger partial charge is 0.261 e. The molecule has 5 nitrogen and oxygen atoms in total. The van der Waals surface area contributed by atoms with Crippen LogP contribution in [-0.4, -0.2) is 17.4 Å². The van der Waals surface area contributed by atoms with Crippen molar-refractivity contribution in [2.75, 3.05) is 12.3 Å². The third-order valence-electron chi connectivity index (χ3n) is 5.24. The van der Waals surface area contributed by atoms with E-state index in [1.807, 2.05) is 30.3 Å². The number of carbonyl (C=O) groups excluding carboxylic acids is 1. The van der Waals surface area contributed by atoms with E-state index in [0.717, 1.165) is 26.7 Å². The van der Waals surface area contributed by atoms with Crippen molar-refractivity contribution in [2.24, 2.45) is 5.73 Å². The molecule has 1 unspecified atom stereocenters. The number of anilines is 1. The summed E-state index contributed by atoms with van der Waals surface area (Å²) in [5.41, 5.74) is 15.6. The van der Waals surface area contributed by atoms with Crippen molar-refractivity contribution in [3.63, 3.8) is 0 Å². The van der Waals surface area contributed by atoms with Gasteiger partial charge >= 0.3 is 0 Å². The third-order valence-corrected chi connectivity index (χ3v) is 6.29. The first kappa shape index (κ1) is 20.3. The van der Waals surface area contributed by atoms with Crippen molar-refractivity contribution in [1.29, 1.82) is 0 Å². The molecule has 0 bridgehead atoms. The number of benzene rings is 2. The molecule has 0 aliphatic carbocycles. The van der Waals surface area contributed by atoms with Gasteiger partial charge in [-0.2, -0.15) is 0 Å². The highest BCUT2D eigenvalue weighted by molar-refractivity contribution is 7.20. The van der Waals surface area contributed by atoms with E-state index in [9.17, 15) is 4.79 Å². The summed E-state index contributed by atoms with van der Waals surface area (Å²) in [4.78, 5) is 19.1. The lowest BCUT2D eigenvalue weighted by Crippen LogP contribution is -2.33. The second kappa shape index (κ2) is 7.70. The maximum absolute atomic E-state index is 12.9. The van der Waals surface area contributed by atoms with Crippen LogP contribution in [0.2, 0.25) is 0 Å². The molecule has 154 valence electrons. The van der Waals surface area contributed by atoms with Gasteiger partial charge in [0.1, 0.15) is 4.83 Å². The second-order valence-corrected chi connectivity index (χ2v) is 9.61. The van der Waals surface area contributed by atoms with Crippen molar-refractivity contribution >= 4 is 44.1 Å². The zero-order valence-electron chi connectivity index (χ0n) is 17.4. The van der Waals surface area contributed by atoms with E-state index < -0.39 is 0 Å².